The lowest BCUT2D eigenvalue weighted by Gasteiger charge is -2.17. The number of carbonyl (C=O) groups is 1. The number of methoxy groups -OCH3 is 1. The van der Waals surface area contributed by atoms with Crippen molar-refractivity contribution < 1.29 is 9.53 Å². The topological polar surface area (TPSA) is 41.6 Å². The van der Waals surface area contributed by atoms with Gasteiger partial charge >= 0.3 is 5.97 Å². The van der Waals surface area contributed by atoms with E-state index in [1.807, 2.05) is 32.1 Å². The lowest BCUT2D eigenvalue weighted by atomic mass is 10.1. The third-order valence-electron chi connectivity index (χ3n) is 2.17. The molecule has 0 aliphatic rings. The van der Waals surface area contributed by atoms with Gasteiger partial charge in [0.25, 0.3) is 0 Å². The minimum absolute atomic E-state index is 0.322. The number of rotatable bonds is 3. The zero-order valence-corrected chi connectivity index (χ0v) is 9.50. The summed E-state index contributed by atoms with van der Waals surface area (Å²) < 4.78 is 4.66. The second-order valence-electron chi connectivity index (χ2n) is 3.37. The Hall–Kier alpha value is -1.71. The Morgan fingerprint density at radius 1 is 1.40 bits per heavy atom. The molecule has 4 heteroatoms. The Bertz CT molecular complexity index is 362. The van der Waals surface area contributed by atoms with Gasteiger partial charge in [-0.3, -0.25) is 0 Å². The summed E-state index contributed by atoms with van der Waals surface area (Å²) in [6.07, 6.45) is 0. The van der Waals surface area contributed by atoms with Crippen LogP contribution >= 0.6 is 0 Å². The van der Waals surface area contributed by atoms with E-state index < -0.39 is 0 Å². The van der Waals surface area contributed by atoms with Crippen LogP contribution in [0.15, 0.2) is 18.2 Å². The highest BCUT2D eigenvalue weighted by atomic mass is 16.5. The molecule has 0 amide bonds. The molecule has 4 nitrogen and oxygen atoms in total. The van der Waals surface area contributed by atoms with Gasteiger partial charge in [-0.1, -0.05) is 0 Å². The van der Waals surface area contributed by atoms with Gasteiger partial charge in [-0.15, -0.1) is 0 Å². The van der Waals surface area contributed by atoms with Crippen molar-refractivity contribution in [2.45, 2.75) is 0 Å². The van der Waals surface area contributed by atoms with Gasteiger partial charge in [0, 0.05) is 21.1 Å². The van der Waals surface area contributed by atoms with Gasteiger partial charge in [-0.25, -0.2) is 4.79 Å². The van der Waals surface area contributed by atoms with Crippen molar-refractivity contribution in [1.29, 1.82) is 0 Å². The van der Waals surface area contributed by atoms with Gasteiger partial charge in [0.15, 0.2) is 0 Å². The van der Waals surface area contributed by atoms with Crippen LogP contribution in [-0.4, -0.2) is 34.2 Å². The molecule has 0 aliphatic carbocycles. The number of esters is 1. The second kappa shape index (κ2) is 4.68. The number of carbonyl (C=O) groups excluding carboxylic acids is 1. The quantitative estimate of drug-likeness (QED) is 0.766. The average Bonchev–Trinajstić information content (AvgIpc) is 2.26. The van der Waals surface area contributed by atoms with Gasteiger partial charge in [-0.2, -0.15) is 0 Å². The minimum Gasteiger partial charge on any atom is -0.465 e. The van der Waals surface area contributed by atoms with E-state index in [1.165, 1.54) is 7.11 Å². The number of ether oxygens (including phenoxy) is 1. The van der Waals surface area contributed by atoms with E-state index in [0.717, 1.165) is 11.4 Å². The van der Waals surface area contributed by atoms with Gasteiger partial charge < -0.3 is 15.0 Å². The third kappa shape index (κ3) is 2.40. The van der Waals surface area contributed by atoms with E-state index >= 15 is 0 Å². The lowest BCUT2D eigenvalue weighted by molar-refractivity contribution is 0.0601. The molecular formula is C11H16N2O2. The molecule has 0 saturated carbocycles. The smallest absolute Gasteiger partial charge is 0.337 e. The van der Waals surface area contributed by atoms with Crippen molar-refractivity contribution in [2.24, 2.45) is 0 Å². The fourth-order valence-electron chi connectivity index (χ4n) is 1.37. The second-order valence-corrected chi connectivity index (χ2v) is 3.37. The van der Waals surface area contributed by atoms with E-state index in [-0.39, 0.29) is 5.97 Å². The molecule has 0 fully saturated rings. The molecule has 15 heavy (non-hydrogen) atoms. The summed E-state index contributed by atoms with van der Waals surface area (Å²) >= 11 is 0. The van der Waals surface area contributed by atoms with Crippen LogP contribution in [0.4, 0.5) is 11.4 Å². The number of benzene rings is 1. The van der Waals surface area contributed by atoms with Crippen LogP contribution in [0.2, 0.25) is 0 Å². The van der Waals surface area contributed by atoms with Gasteiger partial charge in [-0.05, 0) is 18.2 Å². The zero-order valence-electron chi connectivity index (χ0n) is 9.50. The van der Waals surface area contributed by atoms with E-state index in [4.69, 9.17) is 0 Å². The summed E-state index contributed by atoms with van der Waals surface area (Å²) in [6.45, 7) is 0. The molecule has 82 valence electrons. The molecular weight excluding hydrogens is 192 g/mol. The molecule has 1 N–H and O–H groups in total. The number of hydrogen-bond acceptors (Lipinski definition) is 4. The predicted octanol–water partition coefficient (Wildman–Crippen LogP) is 1.58. The molecule has 0 unspecified atom stereocenters. The van der Waals surface area contributed by atoms with Crippen molar-refractivity contribution in [3.8, 4) is 0 Å². The van der Waals surface area contributed by atoms with Gasteiger partial charge in [0.1, 0.15) is 0 Å². The largest absolute Gasteiger partial charge is 0.465 e. The first kappa shape index (κ1) is 11.4. The molecule has 1 aromatic rings. The highest BCUT2D eigenvalue weighted by Gasteiger charge is 2.09. The zero-order chi connectivity index (χ0) is 11.4. The number of nitrogens with one attached hydrogen (secondary N) is 1. The molecule has 0 saturated heterocycles. The first-order valence-corrected chi connectivity index (χ1v) is 4.67. The lowest BCUT2D eigenvalue weighted by Crippen LogP contribution is -2.12. The first-order chi connectivity index (χ1) is 7.10. The SMILES string of the molecule is CNc1cc(C(=O)OC)ccc1N(C)C. The molecule has 1 aromatic carbocycles. The predicted molar refractivity (Wildman–Crippen MR) is 61.7 cm³/mol. The fourth-order valence-corrected chi connectivity index (χ4v) is 1.37. The summed E-state index contributed by atoms with van der Waals surface area (Å²) in [5, 5.41) is 3.05. The Morgan fingerprint density at radius 3 is 2.53 bits per heavy atom. The van der Waals surface area contributed by atoms with E-state index in [1.54, 1.807) is 12.1 Å². The number of anilines is 2. The van der Waals surface area contributed by atoms with Crippen molar-refractivity contribution in [1.82, 2.24) is 0 Å². The molecule has 0 atom stereocenters. The monoisotopic (exact) mass is 208 g/mol. The Balaban J connectivity index is 3.13. The maximum Gasteiger partial charge on any atom is 0.337 e. The van der Waals surface area contributed by atoms with Crippen LogP contribution in [-0.2, 0) is 4.74 Å². The first-order valence-electron chi connectivity index (χ1n) is 4.67. The normalized spacial score (nSPS) is 9.60. The van der Waals surface area contributed by atoms with Crippen molar-refractivity contribution in [3.63, 3.8) is 0 Å². The number of hydrogen-bond donors (Lipinski definition) is 1. The maximum atomic E-state index is 11.3. The summed E-state index contributed by atoms with van der Waals surface area (Å²) in [6, 6.07) is 5.42. The Labute approximate surface area is 89.8 Å². The summed E-state index contributed by atoms with van der Waals surface area (Å²) in [5.41, 5.74) is 2.49. The van der Waals surface area contributed by atoms with E-state index in [2.05, 4.69) is 10.1 Å². The molecule has 0 aromatic heterocycles. The fraction of sp³-hybridized carbons (Fsp3) is 0.364. The standard InChI is InChI=1S/C11H16N2O2/c1-12-9-7-8(11(14)15-4)5-6-10(9)13(2)3/h5-7,12H,1-4H3. The van der Waals surface area contributed by atoms with Gasteiger partial charge in [0.2, 0.25) is 0 Å². The molecule has 0 aliphatic heterocycles. The Kier molecular flexibility index (Phi) is 3.55. The molecule has 0 radical (unpaired) electrons. The van der Waals surface area contributed by atoms with Crippen LogP contribution in [0.5, 0.6) is 0 Å². The van der Waals surface area contributed by atoms with Crippen LogP contribution in [0, 0.1) is 0 Å². The maximum absolute atomic E-state index is 11.3. The van der Waals surface area contributed by atoms with Crippen LogP contribution in [0.1, 0.15) is 10.4 Å². The van der Waals surface area contributed by atoms with Crippen LogP contribution < -0.4 is 10.2 Å². The highest BCUT2D eigenvalue weighted by Crippen LogP contribution is 2.25. The third-order valence-corrected chi connectivity index (χ3v) is 2.17. The van der Waals surface area contributed by atoms with Crippen LogP contribution in [0.25, 0.3) is 0 Å². The molecule has 0 heterocycles. The minimum atomic E-state index is -0.322. The Morgan fingerprint density at radius 2 is 2.07 bits per heavy atom. The summed E-state index contributed by atoms with van der Waals surface area (Å²) in [7, 11) is 7.10. The number of nitrogens with zero attached hydrogens (tertiary/aromatic N) is 1. The molecule has 1 rings (SSSR count). The molecule has 0 spiro atoms. The van der Waals surface area contributed by atoms with Crippen molar-refractivity contribution >= 4 is 17.3 Å². The van der Waals surface area contributed by atoms with Crippen molar-refractivity contribution in [2.75, 3.05) is 38.5 Å². The molecule has 0 bridgehead atoms. The summed E-state index contributed by atoms with van der Waals surface area (Å²) in [5.74, 6) is -0.322. The average molecular weight is 208 g/mol. The highest BCUT2D eigenvalue weighted by molar-refractivity contribution is 5.92. The van der Waals surface area contributed by atoms with Gasteiger partial charge in [0.05, 0.1) is 24.0 Å². The van der Waals surface area contributed by atoms with Crippen molar-refractivity contribution in [3.05, 3.63) is 23.8 Å². The van der Waals surface area contributed by atoms with E-state index in [0.29, 0.717) is 5.56 Å². The van der Waals surface area contributed by atoms with E-state index in [9.17, 15) is 4.79 Å². The summed E-state index contributed by atoms with van der Waals surface area (Å²) in [4.78, 5) is 13.3. The van der Waals surface area contributed by atoms with Crippen LogP contribution in [0.3, 0.4) is 0 Å².